The van der Waals surface area contributed by atoms with Crippen molar-refractivity contribution in [2.75, 3.05) is 20.2 Å². The van der Waals surface area contributed by atoms with Crippen LogP contribution < -0.4 is 5.73 Å². The lowest BCUT2D eigenvalue weighted by atomic mass is 9.91. The van der Waals surface area contributed by atoms with Gasteiger partial charge in [0.1, 0.15) is 0 Å². The zero-order valence-corrected chi connectivity index (χ0v) is 11.2. The first-order valence-electron chi connectivity index (χ1n) is 6.12. The number of nitrogens with two attached hydrogens (primary N) is 1. The second-order valence-electron chi connectivity index (χ2n) is 5.22. The van der Waals surface area contributed by atoms with Crippen LogP contribution in [0.3, 0.4) is 0 Å². The molecule has 0 saturated carbocycles. The van der Waals surface area contributed by atoms with E-state index in [9.17, 15) is 14.7 Å². The Morgan fingerprint density at radius 2 is 2.11 bits per heavy atom. The van der Waals surface area contributed by atoms with Crippen LogP contribution in [0.2, 0.25) is 0 Å². The molecule has 6 nitrogen and oxygen atoms in total. The minimum atomic E-state index is -1.57. The number of carbonyl (C=O) groups excluding carboxylic acids is 2. The van der Waals surface area contributed by atoms with E-state index < -0.39 is 11.6 Å². The highest BCUT2D eigenvalue weighted by molar-refractivity contribution is 5.79. The third kappa shape index (κ3) is 3.43. The summed E-state index contributed by atoms with van der Waals surface area (Å²) in [6.45, 7) is 4.04. The van der Waals surface area contributed by atoms with Crippen molar-refractivity contribution in [2.45, 2.75) is 38.3 Å². The minimum absolute atomic E-state index is 0.143. The van der Waals surface area contributed by atoms with E-state index in [-0.39, 0.29) is 24.4 Å². The monoisotopic (exact) mass is 258 g/mol. The number of primary amides is 1. The Morgan fingerprint density at radius 1 is 1.50 bits per heavy atom. The number of β-amino-alcohol motifs (C(OH)–C–C–N with tert-alkyl or cyclic N) is 1. The van der Waals surface area contributed by atoms with Gasteiger partial charge >= 0.3 is 5.97 Å². The van der Waals surface area contributed by atoms with Gasteiger partial charge in [-0.3, -0.25) is 9.69 Å². The molecule has 1 fully saturated rings. The number of hydrogen-bond donors (Lipinski definition) is 2. The number of carbonyl (C=O) groups is 2. The van der Waals surface area contributed by atoms with Gasteiger partial charge in [-0.2, -0.15) is 0 Å². The van der Waals surface area contributed by atoms with E-state index in [4.69, 9.17) is 5.73 Å². The van der Waals surface area contributed by atoms with E-state index in [0.29, 0.717) is 6.54 Å². The van der Waals surface area contributed by atoms with Crippen molar-refractivity contribution >= 4 is 11.9 Å². The molecule has 18 heavy (non-hydrogen) atoms. The summed E-state index contributed by atoms with van der Waals surface area (Å²) in [5, 5.41) is 10.0. The molecule has 1 amide bonds. The van der Waals surface area contributed by atoms with Gasteiger partial charge in [-0.25, -0.2) is 4.79 Å². The number of likely N-dealkylation sites (tertiary alicyclic amines) is 1. The molecule has 1 heterocycles. The van der Waals surface area contributed by atoms with E-state index in [1.807, 2.05) is 11.8 Å². The maximum Gasteiger partial charge on any atom is 0.338 e. The molecule has 0 aliphatic carbocycles. The fourth-order valence-electron chi connectivity index (χ4n) is 2.31. The van der Waals surface area contributed by atoms with Gasteiger partial charge in [0.25, 0.3) is 0 Å². The van der Waals surface area contributed by atoms with Crippen molar-refractivity contribution < 1.29 is 19.4 Å². The number of methoxy groups -OCH3 is 1. The molecule has 0 aromatic rings. The van der Waals surface area contributed by atoms with Crippen LogP contribution in [0.5, 0.6) is 0 Å². The Bertz CT molecular complexity index is 330. The first-order valence-corrected chi connectivity index (χ1v) is 6.12. The van der Waals surface area contributed by atoms with Crippen molar-refractivity contribution in [1.82, 2.24) is 4.90 Å². The molecule has 3 unspecified atom stereocenters. The summed E-state index contributed by atoms with van der Waals surface area (Å²) in [6.07, 6.45) is 1.58. The Labute approximate surface area is 107 Å². The molecule has 1 saturated heterocycles. The van der Waals surface area contributed by atoms with Gasteiger partial charge in [0.05, 0.1) is 13.0 Å². The molecule has 1 aliphatic heterocycles. The summed E-state index contributed by atoms with van der Waals surface area (Å²) in [7, 11) is 1.24. The highest BCUT2D eigenvalue weighted by Crippen LogP contribution is 2.23. The number of esters is 1. The molecule has 0 bridgehead atoms. The normalized spacial score (nSPS) is 28.4. The van der Waals surface area contributed by atoms with E-state index in [0.717, 1.165) is 12.8 Å². The van der Waals surface area contributed by atoms with Gasteiger partial charge in [0, 0.05) is 19.1 Å². The van der Waals surface area contributed by atoms with Gasteiger partial charge in [-0.1, -0.05) is 0 Å². The van der Waals surface area contributed by atoms with Crippen LogP contribution in [0, 0.1) is 5.92 Å². The van der Waals surface area contributed by atoms with E-state index in [1.54, 1.807) is 0 Å². The highest BCUT2D eigenvalue weighted by Gasteiger charge is 2.38. The Balaban J connectivity index is 2.69. The fourth-order valence-corrected chi connectivity index (χ4v) is 2.31. The molecular formula is C12H22N2O4. The molecule has 0 aromatic heterocycles. The van der Waals surface area contributed by atoms with E-state index >= 15 is 0 Å². The number of ether oxygens (including phenoxy) is 1. The predicted octanol–water partition coefficient (Wildman–Crippen LogP) is -0.504. The quantitative estimate of drug-likeness (QED) is 0.663. The average Bonchev–Trinajstić information content (AvgIpc) is 2.30. The lowest BCUT2D eigenvalue weighted by molar-refractivity contribution is -0.163. The highest BCUT2D eigenvalue weighted by atomic mass is 16.5. The number of aliphatic hydroxyl groups is 1. The topological polar surface area (TPSA) is 92.9 Å². The lowest BCUT2D eigenvalue weighted by Crippen LogP contribution is -2.54. The SMILES string of the molecule is COC(=O)C(C)(O)CN1CC(C(N)=O)CCC1C. The number of hydrogen-bond acceptors (Lipinski definition) is 5. The molecule has 104 valence electrons. The van der Waals surface area contributed by atoms with Crippen molar-refractivity contribution in [3.63, 3.8) is 0 Å². The average molecular weight is 258 g/mol. The Kier molecular flexibility index (Phi) is 4.70. The van der Waals surface area contributed by atoms with E-state index in [2.05, 4.69) is 4.74 Å². The number of piperidine rings is 1. The van der Waals surface area contributed by atoms with Crippen molar-refractivity contribution in [1.29, 1.82) is 0 Å². The third-order valence-corrected chi connectivity index (χ3v) is 3.55. The van der Waals surface area contributed by atoms with Crippen molar-refractivity contribution in [2.24, 2.45) is 11.7 Å². The van der Waals surface area contributed by atoms with Crippen LogP contribution in [-0.4, -0.2) is 53.7 Å². The van der Waals surface area contributed by atoms with E-state index in [1.165, 1.54) is 14.0 Å². The number of nitrogens with zero attached hydrogens (tertiary/aromatic N) is 1. The molecule has 0 aromatic carbocycles. The van der Waals surface area contributed by atoms with Gasteiger partial charge in [0.15, 0.2) is 5.60 Å². The van der Waals surface area contributed by atoms with Crippen molar-refractivity contribution in [3.8, 4) is 0 Å². The zero-order chi connectivity index (χ0) is 13.9. The number of rotatable bonds is 4. The van der Waals surface area contributed by atoms with Crippen LogP contribution in [0.1, 0.15) is 26.7 Å². The van der Waals surface area contributed by atoms with Crippen molar-refractivity contribution in [3.05, 3.63) is 0 Å². The van der Waals surface area contributed by atoms with Crippen LogP contribution in [0.15, 0.2) is 0 Å². The zero-order valence-electron chi connectivity index (χ0n) is 11.2. The smallest absolute Gasteiger partial charge is 0.338 e. The molecule has 3 N–H and O–H groups in total. The second-order valence-corrected chi connectivity index (χ2v) is 5.22. The van der Waals surface area contributed by atoms with Gasteiger partial charge in [-0.15, -0.1) is 0 Å². The lowest BCUT2D eigenvalue weighted by Gasteiger charge is -2.39. The van der Waals surface area contributed by atoms with Gasteiger partial charge in [0.2, 0.25) is 5.91 Å². The van der Waals surface area contributed by atoms with Crippen LogP contribution in [0.4, 0.5) is 0 Å². The minimum Gasteiger partial charge on any atom is -0.467 e. The Morgan fingerprint density at radius 3 is 2.61 bits per heavy atom. The summed E-state index contributed by atoms with van der Waals surface area (Å²) in [4.78, 5) is 24.6. The molecule has 0 spiro atoms. The maximum atomic E-state index is 11.4. The first-order chi connectivity index (χ1) is 8.27. The third-order valence-electron chi connectivity index (χ3n) is 3.55. The molecule has 6 heteroatoms. The standard InChI is InChI=1S/C12H22N2O4/c1-8-4-5-9(10(13)15)6-14(8)7-12(2,17)11(16)18-3/h8-9,17H,4-7H2,1-3H3,(H2,13,15). The van der Waals surface area contributed by atoms with Gasteiger partial charge < -0.3 is 15.6 Å². The Hall–Kier alpha value is -1.14. The molecule has 3 atom stereocenters. The van der Waals surface area contributed by atoms with Gasteiger partial charge in [-0.05, 0) is 26.7 Å². The van der Waals surface area contributed by atoms with Crippen LogP contribution in [-0.2, 0) is 14.3 Å². The first kappa shape index (κ1) is 14.9. The summed E-state index contributed by atoms with van der Waals surface area (Å²) < 4.78 is 4.56. The summed E-state index contributed by atoms with van der Waals surface area (Å²) in [5.74, 6) is -1.21. The fraction of sp³-hybridized carbons (Fsp3) is 0.833. The predicted molar refractivity (Wildman–Crippen MR) is 65.6 cm³/mol. The second kappa shape index (κ2) is 5.67. The van der Waals surface area contributed by atoms with Crippen LogP contribution >= 0.6 is 0 Å². The molecule has 1 rings (SSSR count). The largest absolute Gasteiger partial charge is 0.467 e. The molecular weight excluding hydrogens is 236 g/mol. The molecule has 1 aliphatic rings. The van der Waals surface area contributed by atoms with Crippen LogP contribution in [0.25, 0.3) is 0 Å². The summed E-state index contributed by atoms with van der Waals surface area (Å²) >= 11 is 0. The maximum absolute atomic E-state index is 11.4. The summed E-state index contributed by atoms with van der Waals surface area (Å²) in [5.41, 5.74) is 3.74. The molecule has 0 radical (unpaired) electrons. The summed E-state index contributed by atoms with van der Waals surface area (Å²) in [6, 6.07) is 0.205. The number of amides is 1.